The van der Waals surface area contributed by atoms with Crippen molar-refractivity contribution >= 4 is 33.8 Å². The summed E-state index contributed by atoms with van der Waals surface area (Å²) in [6, 6.07) is 11.7. The Balaban J connectivity index is 1.70. The molecule has 0 radical (unpaired) electrons. The molecule has 2 heterocycles. The Kier molecular flexibility index (Phi) is 4.68. The number of hydrogen-bond donors (Lipinski definition) is 2. The number of carbonyl (C=O) groups is 2. The smallest absolute Gasteiger partial charge is 0.266 e. The fourth-order valence-electron chi connectivity index (χ4n) is 3.45. The molecule has 28 heavy (non-hydrogen) atoms. The summed E-state index contributed by atoms with van der Waals surface area (Å²) in [5.41, 5.74) is 2.75. The molecule has 2 amide bonds. The van der Waals surface area contributed by atoms with Crippen LogP contribution in [0.4, 0.5) is 19.5 Å². The van der Waals surface area contributed by atoms with E-state index in [0.29, 0.717) is 21.1 Å². The van der Waals surface area contributed by atoms with Gasteiger partial charge in [-0.05, 0) is 60.0 Å². The molecular weight excluding hydrogens is 382 g/mol. The molecule has 0 bridgehead atoms. The van der Waals surface area contributed by atoms with Crippen molar-refractivity contribution in [3.63, 3.8) is 0 Å². The van der Waals surface area contributed by atoms with Crippen molar-refractivity contribution in [1.82, 2.24) is 0 Å². The van der Waals surface area contributed by atoms with Crippen LogP contribution in [0.3, 0.4) is 0 Å². The topological polar surface area (TPSA) is 58.2 Å². The Morgan fingerprint density at radius 1 is 1.14 bits per heavy atom. The molecule has 4 nitrogen and oxygen atoms in total. The molecular formula is C21H16F2N2O2S. The molecule has 0 spiro atoms. The fraction of sp³-hybridized carbons (Fsp3) is 0.143. The van der Waals surface area contributed by atoms with Gasteiger partial charge in [0.2, 0.25) is 5.91 Å². The number of thiophene rings is 1. The van der Waals surface area contributed by atoms with Crippen molar-refractivity contribution in [2.75, 3.05) is 10.6 Å². The van der Waals surface area contributed by atoms with Gasteiger partial charge in [-0.15, -0.1) is 11.3 Å². The first-order valence-corrected chi connectivity index (χ1v) is 9.49. The maximum atomic E-state index is 13.7. The molecule has 1 atom stereocenters. The van der Waals surface area contributed by atoms with Crippen molar-refractivity contribution in [1.29, 1.82) is 0 Å². The van der Waals surface area contributed by atoms with E-state index >= 15 is 0 Å². The van der Waals surface area contributed by atoms with Gasteiger partial charge in [0.25, 0.3) is 5.91 Å². The van der Waals surface area contributed by atoms with Gasteiger partial charge in [-0.3, -0.25) is 9.59 Å². The first-order chi connectivity index (χ1) is 13.4. The maximum absolute atomic E-state index is 13.7. The zero-order chi connectivity index (χ0) is 19.8. The van der Waals surface area contributed by atoms with Gasteiger partial charge in [-0.25, -0.2) is 8.78 Å². The summed E-state index contributed by atoms with van der Waals surface area (Å²) in [7, 11) is 0. The third-order valence-corrected chi connectivity index (χ3v) is 5.97. The minimum Gasteiger partial charge on any atom is -0.321 e. The van der Waals surface area contributed by atoms with Gasteiger partial charge >= 0.3 is 0 Å². The summed E-state index contributed by atoms with van der Waals surface area (Å²) in [5, 5.41) is 6.16. The molecule has 0 fully saturated rings. The molecule has 4 rings (SSSR count). The van der Waals surface area contributed by atoms with E-state index in [0.717, 1.165) is 11.1 Å². The second kappa shape index (κ2) is 7.16. The highest BCUT2D eigenvalue weighted by atomic mass is 32.1. The van der Waals surface area contributed by atoms with E-state index in [-0.39, 0.29) is 35.8 Å². The summed E-state index contributed by atoms with van der Waals surface area (Å²) < 4.78 is 26.8. The summed E-state index contributed by atoms with van der Waals surface area (Å²) in [6.07, 6.45) is 0.188. The van der Waals surface area contributed by atoms with Crippen LogP contribution in [-0.2, 0) is 4.79 Å². The van der Waals surface area contributed by atoms with Crippen molar-refractivity contribution in [2.24, 2.45) is 0 Å². The fourth-order valence-corrected chi connectivity index (χ4v) is 4.63. The molecule has 7 heteroatoms. The van der Waals surface area contributed by atoms with Crippen LogP contribution in [0.25, 0.3) is 0 Å². The number of hydrogen-bond acceptors (Lipinski definition) is 3. The Morgan fingerprint density at radius 2 is 1.89 bits per heavy atom. The standard InChI is InChI=1S/C21H16F2N2O2S/c1-11-18-16(12-3-2-4-14(23)9-12)10-17(26)25-21(18)28-19(11)20(27)24-15-7-5-13(22)6-8-15/h2-9,16H,10H2,1H3,(H,24,27)(H,25,26)/t16-/m0/s1. The normalized spacial score (nSPS) is 15.7. The third kappa shape index (κ3) is 3.41. The van der Waals surface area contributed by atoms with Gasteiger partial charge in [0.15, 0.2) is 0 Å². The lowest BCUT2D eigenvalue weighted by Crippen LogP contribution is -2.22. The predicted molar refractivity (Wildman–Crippen MR) is 105 cm³/mol. The number of carbonyl (C=O) groups excluding carboxylic acids is 2. The van der Waals surface area contributed by atoms with Crippen molar-refractivity contribution < 1.29 is 18.4 Å². The van der Waals surface area contributed by atoms with Gasteiger partial charge in [-0.2, -0.15) is 0 Å². The summed E-state index contributed by atoms with van der Waals surface area (Å²) in [4.78, 5) is 25.4. The van der Waals surface area contributed by atoms with Gasteiger partial charge < -0.3 is 10.6 Å². The lowest BCUT2D eigenvalue weighted by atomic mass is 9.85. The molecule has 1 aliphatic rings. The molecule has 1 aliphatic heterocycles. The number of rotatable bonds is 3. The van der Waals surface area contributed by atoms with Crippen LogP contribution >= 0.6 is 11.3 Å². The number of nitrogens with one attached hydrogen (secondary N) is 2. The second-order valence-corrected chi connectivity index (χ2v) is 7.64. The van der Waals surface area contributed by atoms with Crippen LogP contribution in [0, 0.1) is 18.6 Å². The average molecular weight is 398 g/mol. The van der Waals surface area contributed by atoms with Crippen molar-refractivity contribution in [3.05, 3.63) is 81.7 Å². The number of fused-ring (bicyclic) bond motifs is 1. The second-order valence-electron chi connectivity index (χ2n) is 6.62. The average Bonchev–Trinajstić information content (AvgIpc) is 2.99. The first kappa shape index (κ1) is 18.3. The van der Waals surface area contributed by atoms with Gasteiger partial charge in [0.05, 0.1) is 9.88 Å². The molecule has 0 saturated carbocycles. The van der Waals surface area contributed by atoms with E-state index in [9.17, 15) is 18.4 Å². The Bertz CT molecular complexity index is 1080. The lowest BCUT2D eigenvalue weighted by Gasteiger charge is -2.24. The van der Waals surface area contributed by atoms with E-state index < -0.39 is 0 Å². The van der Waals surface area contributed by atoms with Gasteiger partial charge in [0.1, 0.15) is 11.6 Å². The highest BCUT2D eigenvalue weighted by Crippen LogP contribution is 2.45. The molecule has 0 saturated heterocycles. The van der Waals surface area contributed by atoms with E-state index in [4.69, 9.17) is 0 Å². The van der Waals surface area contributed by atoms with Gasteiger partial charge in [-0.1, -0.05) is 12.1 Å². The monoisotopic (exact) mass is 398 g/mol. The quantitative estimate of drug-likeness (QED) is 0.648. The minimum atomic E-state index is -0.388. The summed E-state index contributed by atoms with van der Waals surface area (Å²) >= 11 is 1.19. The minimum absolute atomic E-state index is 0.173. The Hall–Kier alpha value is -3.06. The van der Waals surface area contributed by atoms with Gasteiger partial charge in [0, 0.05) is 18.0 Å². The van der Waals surface area contributed by atoms with E-state index in [1.54, 1.807) is 12.1 Å². The Labute approximate surface area is 164 Å². The molecule has 1 aromatic heterocycles. The first-order valence-electron chi connectivity index (χ1n) is 8.68. The van der Waals surface area contributed by atoms with Crippen LogP contribution in [0.5, 0.6) is 0 Å². The van der Waals surface area contributed by atoms with E-state index in [1.165, 1.54) is 47.7 Å². The zero-order valence-corrected chi connectivity index (χ0v) is 15.7. The molecule has 142 valence electrons. The van der Waals surface area contributed by atoms with Crippen LogP contribution in [0.15, 0.2) is 48.5 Å². The molecule has 2 aromatic carbocycles. The molecule has 2 N–H and O–H groups in total. The molecule has 3 aromatic rings. The summed E-state index contributed by atoms with van der Waals surface area (Å²) in [5.74, 6) is -1.58. The zero-order valence-electron chi connectivity index (χ0n) is 14.9. The van der Waals surface area contributed by atoms with E-state index in [2.05, 4.69) is 10.6 Å². The predicted octanol–water partition coefficient (Wildman–Crippen LogP) is 5.06. The third-order valence-electron chi connectivity index (χ3n) is 4.74. The SMILES string of the molecule is Cc1c(C(=O)Nc2ccc(F)cc2)sc2c1[C@H](c1cccc(F)c1)CC(=O)N2. The lowest BCUT2D eigenvalue weighted by molar-refractivity contribution is -0.116. The number of anilines is 2. The van der Waals surface area contributed by atoms with E-state index in [1.807, 2.05) is 6.92 Å². The van der Waals surface area contributed by atoms with Crippen LogP contribution in [0.1, 0.15) is 38.7 Å². The highest BCUT2D eigenvalue weighted by molar-refractivity contribution is 7.18. The molecule has 0 aliphatic carbocycles. The summed E-state index contributed by atoms with van der Waals surface area (Å²) in [6.45, 7) is 1.82. The molecule has 0 unspecified atom stereocenters. The maximum Gasteiger partial charge on any atom is 0.266 e. The highest BCUT2D eigenvalue weighted by Gasteiger charge is 2.33. The number of amides is 2. The van der Waals surface area contributed by atoms with Crippen LogP contribution in [0.2, 0.25) is 0 Å². The number of benzene rings is 2. The largest absolute Gasteiger partial charge is 0.321 e. The van der Waals surface area contributed by atoms with Crippen molar-refractivity contribution in [3.8, 4) is 0 Å². The van der Waals surface area contributed by atoms with Crippen LogP contribution in [-0.4, -0.2) is 11.8 Å². The van der Waals surface area contributed by atoms with Crippen LogP contribution < -0.4 is 10.6 Å². The Morgan fingerprint density at radius 3 is 2.61 bits per heavy atom. The number of halogens is 2. The van der Waals surface area contributed by atoms with Crippen molar-refractivity contribution in [2.45, 2.75) is 19.3 Å².